The molecule has 3 atom stereocenters. The van der Waals surface area contributed by atoms with Gasteiger partial charge in [0.15, 0.2) is 18.6 Å². The number of carbonyl (C=O) groups excluding carboxylic acids is 3. The SMILES string of the molecule is COc1ccc2c(F)c[nH]c(=O)c2c1Cl.COc1ccc2c(c1Cl)C(=O)NC(O)C2(F)F.COc1ccc2c(c1Cl)C(=O)NC(O)C2F.COc1ccc2c(c1Cl)C(=O)NCC2(F)F.COc1ccc2cc[nH]c(=O)c2c1Cl. The lowest BCUT2D eigenvalue weighted by atomic mass is 9.95. The van der Waals surface area contributed by atoms with Crippen molar-refractivity contribution in [3.05, 3.63) is 164 Å². The first-order chi connectivity index (χ1) is 36.8. The van der Waals surface area contributed by atoms with Gasteiger partial charge in [-0.3, -0.25) is 24.0 Å². The van der Waals surface area contributed by atoms with Gasteiger partial charge in [0.2, 0.25) is 0 Å². The van der Waals surface area contributed by atoms with Gasteiger partial charge in [-0.2, -0.15) is 17.6 Å². The number of aliphatic hydroxyl groups is 2. The third-order valence-electron chi connectivity index (χ3n) is 11.6. The number of halogens is 11. The molecule has 10 rings (SSSR count). The molecular weight excluding hydrogens is 1150 g/mol. The highest BCUT2D eigenvalue weighted by Crippen LogP contribution is 2.43. The molecule has 0 aliphatic carbocycles. The van der Waals surface area contributed by atoms with Crippen LogP contribution in [0.5, 0.6) is 28.7 Å². The summed E-state index contributed by atoms with van der Waals surface area (Å²) in [5.41, 5.74) is -2.11. The van der Waals surface area contributed by atoms with E-state index in [1.54, 1.807) is 29.7 Å². The Hall–Kier alpha value is -7.12. The molecule has 0 fully saturated rings. The fourth-order valence-corrected chi connectivity index (χ4v) is 9.35. The molecule has 2 aromatic heterocycles. The Morgan fingerprint density at radius 3 is 1.59 bits per heavy atom. The Balaban J connectivity index is 0.000000158. The van der Waals surface area contributed by atoms with E-state index in [9.17, 15) is 55.4 Å². The van der Waals surface area contributed by atoms with Crippen LogP contribution in [-0.2, 0) is 11.8 Å². The Morgan fingerprint density at radius 2 is 1.01 bits per heavy atom. The van der Waals surface area contributed by atoms with Crippen molar-refractivity contribution in [3.8, 4) is 28.7 Å². The number of rotatable bonds is 5. The zero-order valence-electron chi connectivity index (χ0n) is 40.6. The topological polar surface area (TPSA) is 240 Å². The zero-order chi connectivity index (χ0) is 57.7. The van der Waals surface area contributed by atoms with Crippen LogP contribution in [0.15, 0.2) is 88.7 Å². The van der Waals surface area contributed by atoms with Crippen LogP contribution >= 0.6 is 58.0 Å². The molecule has 0 saturated heterocycles. The molecular formula is C50H40Cl5F6N5O12. The maximum absolute atomic E-state index is 13.6. The van der Waals surface area contributed by atoms with E-state index in [0.717, 1.165) is 17.6 Å². The van der Waals surface area contributed by atoms with Crippen molar-refractivity contribution in [2.45, 2.75) is 30.5 Å². The summed E-state index contributed by atoms with van der Waals surface area (Å²) in [6, 6.07) is 15.9. The van der Waals surface area contributed by atoms with Crippen LogP contribution in [0.3, 0.4) is 0 Å². The van der Waals surface area contributed by atoms with E-state index in [-0.39, 0.29) is 75.7 Å². The fraction of sp³-hybridized carbons (Fsp3) is 0.220. The number of hydrogen-bond donors (Lipinski definition) is 7. The summed E-state index contributed by atoms with van der Waals surface area (Å²) in [4.78, 5) is 62.3. The Labute approximate surface area is 461 Å². The van der Waals surface area contributed by atoms with Crippen molar-refractivity contribution >= 4 is 97.3 Å². The van der Waals surface area contributed by atoms with Crippen molar-refractivity contribution < 1.29 is 74.6 Å². The van der Waals surface area contributed by atoms with Gasteiger partial charge in [-0.05, 0) is 60.0 Å². The molecule has 78 heavy (non-hydrogen) atoms. The molecule has 7 N–H and O–H groups in total. The molecule has 28 heteroatoms. The minimum absolute atomic E-state index is 0.0128. The number of fused-ring (bicyclic) bond motifs is 5. The van der Waals surface area contributed by atoms with Crippen molar-refractivity contribution in [2.24, 2.45) is 0 Å². The van der Waals surface area contributed by atoms with Crippen molar-refractivity contribution in [1.29, 1.82) is 0 Å². The summed E-state index contributed by atoms with van der Waals surface area (Å²) in [6.07, 6.45) is -2.88. The van der Waals surface area contributed by atoms with Crippen molar-refractivity contribution in [1.82, 2.24) is 25.9 Å². The zero-order valence-corrected chi connectivity index (χ0v) is 44.4. The summed E-state index contributed by atoms with van der Waals surface area (Å²) in [6.45, 7) is -0.707. The van der Waals surface area contributed by atoms with Gasteiger partial charge in [-0.25, -0.2) is 8.78 Å². The number of hydrogen-bond acceptors (Lipinski definition) is 12. The fourth-order valence-electron chi connectivity index (χ4n) is 7.70. The predicted molar refractivity (Wildman–Crippen MR) is 277 cm³/mol. The van der Waals surface area contributed by atoms with Gasteiger partial charge in [0.1, 0.15) is 34.6 Å². The van der Waals surface area contributed by atoms with E-state index in [1.165, 1.54) is 78.0 Å². The molecule has 3 aliphatic rings. The highest BCUT2D eigenvalue weighted by atomic mass is 35.5. The molecule has 17 nitrogen and oxygen atoms in total. The summed E-state index contributed by atoms with van der Waals surface area (Å²) < 4.78 is 106. The average molecular weight is 1190 g/mol. The van der Waals surface area contributed by atoms with Gasteiger partial charge in [0.25, 0.3) is 34.8 Å². The molecule has 7 aromatic rings. The number of alkyl halides is 5. The molecule has 3 aliphatic heterocycles. The number of methoxy groups -OCH3 is 5. The van der Waals surface area contributed by atoms with Gasteiger partial charge < -0.3 is 59.8 Å². The number of amides is 3. The largest absolute Gasteiger partial charge is 0.495 e. The lowest BCUT2D eigenvalue weighted by Crippen LogP contribution is -2.51. The number of ether oxygens (including phenoxy) is 5. The van der Waals surface area contributed by atoms with Crippen LogP contribution in [0.4, 0.5) is 26.3 Å². The predicted octanol–water partition coefficient (Wildman–Crippen LogP) is 9.63. The van der Waals surface area contributed by atoms with E-state index in [4.69, 9.17) is 86.8 Å². The number of H-pyrrole nitrogens is 2. The van der Waals surface area contributed by atoms with Crippen LogP contribution in [0.25, 0.3) is 21.5 Å². The normalized spacial score (nSPS) is 17.1. The number of benzene rings is 5. The first-order valence-electron chi connectivity index (χ1n) is 21.9. The number of aliphatic hydroxyl groups excluding tert-OH is 2. The first-order valence-corrected chi connectivity index (χ1v) is 23.8. The number of nitrogens with one attached hydrogen (secondary N) is 5. The summed E-state index contributed by atoms with van der Waals surface area (Å²) in [7, 11) is 7.01. The third-order valence-corrected chi connectivity index (χ3v) is 13.5. The molecule has 0 radical (unpaired) electrons. The Bertz CT molecular complexity index is 3590. The van der Waals surface area contributed by atoms with Crippen LogP contribution in [0, 0.1) is 5.82 Å². The van der Waals surface area contributed by atoms with Crippen LogP contribution in [0.1, 0.15) is 53.9 Å². The molecule has 0 saturated carbocycles. The van der Waals surface area contributed by atoms with E-state index in [1.807, 2.05) is 0 Å². The second-order valence-corrected chi connectivity index (χ2v) is 18.0. The van der Waals surface area contributed by atoms with Gasteiger partial charge in [-0.15, -0.1) is 0 Å². The van der Waals surface area contributed by atoms with E-state index in [0.29, 0.717) is 27.7 Å². The standard InChI is InChI=1S/C10H8ClF2NO3.C10H8ClF2NO2.C10H9ClFNO3.C10H7ClFNO2.C10H8ClNO2/c1-17-5-3-2-4-6(7(5)11)8(15)14-9(16)10(4,12)13;1-16-6-3-2-5-7(8(6)11)9(15)14-4-10(5,12)13;1-16-5-3-2-4-6(7(5)11)9(14)13-10(15)8(4)12;1-15-7-3-2-5-6(12)4-13-10(14)8(5)9(7)11;1-14-7-3-2-6-4-5-12-10(13)8(6)9(7)11/h2-3,9,16H,1H3,(H,14,15);2-3H,4H2,1H3,(H,14,15);2-3,8,10,15H,1H3,(H,13,14);2-4H,1H3,(H,13,14);2-5H,1H3,(H,12,13). The summed E-state index contributed by atoms with van der Waals surface area (Å²) in [5, 5.41) is 26.1. The monoisotopic (exact) mass is 1190 g/mol. The smallest absolute Gasteiger partial charge is 0.317 e. The van der Waals surface area contributed by atoms with E-state index in [2.05, 4.69) is 20.6 Å². The molecule has 5 heterocycles. The average Bonchev–Trinajstić information content (AvgIpc) is 3.41. The third kappa shape index (κ3) is 12.0. The van der Waals surface area contributed by atoms with Gasteiger partial charge in [0, 0.05) is 34.5 Å². The molecule has 0 bridgehead atoms. The van der Waals surface area contributed by atoms with Crippen molar-refractivity contribution in [3.63, 3.8) is 0 Å². The maximum Gasteiger partial charge on any atom is 0.317 e. The van der Waals surface area contributed by atoms with Crippen LogP contribution in [-0.4, -0.2) is 92.5 Å². The number of carbonyl (C=O) groups is 3. The molecule has 3 amide bonds. The minimum Gasteiger partial charge on any atom is -0.495 e. The molecule has 414 valence electrons. The summed E-state index contributed by atoms with van der Waals surface area (Å²) >= 11 is 29.4. The molecule has 0 spiro atoms. The van der Waals surface area contributed by atoms with E-state index < -0.39 is 71.7 Å². The highest BCUT2D eigenvalue weighted by Gasteiger charge is 2.49. The lowest BCUT2D eigenvalue weighted by molar-refractivity contribution is -0.128. The lowest BCUT2D eigenvalue weighted by Gasteiger charge is -2.30. The Morgan fingerprint density at radius 1 is 0.551 bits per heavy atom. The van der Waals surface area contributed by atoms with E-state index >= 15 is 0 Å². The number of aromatic nitrogens is 2. The molecule has 3 unspecified atom stereocenters. The second-order valence-electron chi connectivity index (χ2n) is 16.1. The second kappa shape index (κ2) is 24.7. The highest BCUT2D eigenvalue weighted by molar-refractivity contribution is 6.38. The van der Waals surface area contributed by atoms with Crippen LogP contribution in [0.2, 0.25) is 25.1 Å². The number of pyridine rings is 2. The van der Waals surface area contributed by atoms with Gasteiger partial charge in [-0.1, -0.05) is 70.1 Å². The van der Waals surface area contributed by atoms with Gasteiger partial charge >= 0.3 is 5.92 Å². The molecule has 5 aromatic carbocycles. The maximum atomic E-state index is 13.6. The minimum atomic E-state index is -3.58. The van der Waals surface area contributed by atoms with Gasteiger partial charge in [0.05, 0.1) is 94.7 Å². The summed E-state index contributed by atoms with van der Waals surface area (Å²) in [5.74, 6) is -7.81. The van der Waals surface area contributed by atoms with Crippen LogP contribution < -0.4 is 50.8 Å². The number of aromatic amines is 2. The van der Waals surface area contributed by atoms with Crippen molar-refractivity contribution in [2.75, 3.05) is 42.1 Å². The first kappa shape index (κ1) is 60.1. The Kier molecular flexibility index (Phi) is 19.0. The quantitative estimate of drug-likeness (QED) is 0.0798.